The first kappa shape index (κ1) is 18.6. The third-order valence-corrected chi connectivity index (χ3v) is 2.93. The highest BCUT2D eigenvalue weighted by Gasteiger charge is 2.41. The molecule has 1 aromatic carbocycles. The molecule has 0 saturated carbocycles. The molecule has 0 aliphatic rings. The monoisotopic (exact) mass is 330 g/mol. The SMILES string of the molecule is CCC(C)OCCOc1c(C(F)(F)F)cccc1C(F)(F)F. The van der Waals surface area contributed by atoms with Gasteiger partial charge in [0.25, 0.3) is 0 Å². The van der Waals surface area contributed by atoms with Gasteiger partial charge in [-0.2, -0.15) is 26.3 Å². The number of benzene rings is 1. The zero-order chi connectivity index (χ0) is 17.0. The van der Waals surface area contributed by atoms with Crippen LogP contribution in [0.5, 0.6) is 5.75 Å². The van der Waals surface area contributed by atoms with Crippen LogP contribution < -0.4 is 4.74 Å². The van der Waals surface area contributed by atoms with Gasteiger partial charge >= 0.3 is 12.4 Å². The lowest BCUT2D eigenvalue weighted by atomic mass is 10.1. The van der Waals surface area contributed by atoms with Gasteiger partial charge in [-0.3, -0.25) is 0 Å². The zero-order valence-electron chi connectivity index (χ0n) is 12.0. The first-order chi connectivity index (χ1) is 10.1. The summed E-state index contributed by atoms with van der Waals surface area (Å²) in [5, 5.41) is 0. The minimum Gasteiger partial charge on any atom is -0.490 e. The Morgan fingerprint density at radius 3 is 1.86 bits per heavy atom. The van der Waals surface area contributed by atoms with E-state index in [1.54, 1.807) is 6.92 Å². The van der Waals surface area contributed by atoms with Crippen molar-refractivity contribution in [3.63, 3.8) is 0 Å². The fourth-order valence-electron chi connectivity index (χ4n) is 1.65. The average molecular weight is 330 g/mol. The van der Waals surface area contributed by atoms with E-state index in [1.165, 1.54) is 0 Å². The summed E-state index contributed by atoms with van der Waals surface area (Å²) < 4.78 is 86.9. The third kappa shape index (κ3) is 5.08. The maximum absolute atomic E-state index is 12.8. The quantitative estimate of drug-likeness (QED) is 0.544. The topological polar surface area (TPSA) is 18.5 Å². The van der Waals surface area contributed by atoms with Crippen molar-refractivity contribution in [2.75, 3.05) is 13.2 Å². The van der Waals surface area contributed by atoms with E-state index in [-0.39, 0.29) is 12.7 Å². The molecule has 22 heavy (non-hydrogen) atoms. The molecule has 0 fully saturated rings. The molecule has 0 aromatic heterocycles. The van der Waals surface area contributed by atoms with Gasteiger partial charge in [0.2, 0.25) is 0 Å². The molecular formula is C14H16F6O2. The summed E-state index contributed by atoms with van der Waals surface area (Å²) in [7, 11) is 0. The van der Waals surface area contributed by atoms with Crippen molar-refractivity contribution in [3.05, 3.63) is 29.3 Å². The van der Waals surface area contributed by atoms with E-state index in [0.29, 0.717) is 24.6 Å². The van der Waals surface area contributed by atoms with Crippen LogP contribution in [-0.4, -0.2) is 19.3 Å². The minimum absolute atomic E-state index is 0.0987. The Morgan fingerprint density at radius 1 is 0.955 bits per heavy atom. The highest BCUT2D eigenvalue weighted by atomic mass is 19.4. The lowest BCUT2D eigenvalue weighted by Crippen LogP contribution is -2.18. The highest BCUT2D eigenvalue weighted by molar-refractivity contribution is 5.44. The van der Waals surface area contributed by atoms with Crippen molar-refractivity contribution in [1.29, 1.82) is 0 Å². The summed E-state index contributed by atoms with van der Waals surface area (Å²) >= 11 is 0. The van der Waals surface area contributed by atoms with Crippen molar-refractivity contribution < 1.29 is 35.8 Å². The third-order valence-electron chi connectivity index (χ3n) is 2.93. The fraction of sp³-hybridized carbons (Fsp3) is 0.571. The fourth-order valence-corrected chi connectivity index (χ4v) is 1.65. The van der Waals surface area contributed by atoms with Crippen LogP contribution in [0.3, 0.4) is 0 Å². The molecule has 1 atom stereocenters. The molecule has 0 aliphatic carbocycles. The molecule has 2 nitrogen and oxygen atoms in total. The van der Waals surface area contributed by atoms with E-state index in [4.69, 9.17) is 9.47 Å². The number of ether oxygens (including phenoxy) is 2. The summed E-state index contributed by atoms with van der Waals surface area (Å²) in [4.78, 5) is 0. The van der Waals surface area contributed by atoms with Crippen LogP contribution in [0.25, 0.3) is 0 Å². The Labute approximate surface area is 124 Å². The van der Waals surface area contributed by atoms with Crippen LogP contribution in [0.2, 0.25) is 0 Å². The van der Waals surface area contributed by atoms with Gasteiger partial charge in [0.05, 0.1) is 23.8 Å². The van der Waals surface area contributed by atoms with Gasteiger partial charge in [-0.1, -0.05) is 13.0 Å². The smallest absolute Gasteiger partial charge is 0.419 e. The van der Waals surface area contributed by atoms with Crippen molar-refractivity contribution in [2.24, 2.45) is 0 Å². The second-order valence-corrected chi connectivity index (χ2v) is 4.62. The van der Waals surface area contributed by atoms with E-state index in [1.807, 2.05) is 6.92 Å². The second kappa shape index (κ2) is 7.21. The summed E-state index contributed by atoms with van der Waals surface area (Å²) in [5.74, 6) is -1.21. The van der Waals surface area contributed by atoms with Gasteiger partial charge in [0, 0.05) is 0 Å². The summed E-state index contributed by atoms with van der Waals surface area (Å²) in [5.41, 5.74) is -2.91. The molecule has 1 rings (SSSR count). The lowest BCUT2D eigenvalue weighted by molar-refractivity contribution is -0.146. The Morgan fingerprint density at radius 2 is 1.45 bits per heavy atom. The van der Waals surface area contributed by atoms with Gasteiger partial charge in [-0.15, -0.1) is 0 Å². The van der Waals surface area contributed by atoms with Crippen molar-refractivity contribution >= 4 is 0 Å². The first-order valence-corrected chi connectivity index (χ1v) is 6.59. The summed E-state index contributed by atoms with van der Waals surface area (Å²) in [6, 6.07) is 1.81. The molecule has 0 bridgehead atoms. The van der Waals surface area contributed by atoms with Crippen LogP contribution >= 0.6 is 0 Å². The highest BCUT2D eigenvalue weighted by Crippen LogP contribution is 2.43. The Hall–Kier alpha value is -1.44. The molecule has 0 aliphatic heterocycles. The standard InChI is InChI=1S/C14H16F6O2/c1-3-9(2)21-7-8-22-12-10(13(15,16)17)5-4-6-11(12)14(18,19)20/h4-6,9H,3,7-8H2,1-2H3. The largest absolute Gasteiger partial charge is 0.490 e. The molecule has 126 valence electrons. The van der Waals surface area contributed by atoms with Gasteiger partial charge in [0.15, 0.2) is 0 Å². The van der Waals surface area contributed by atoms with E-state index in [9.17, 15) is 26.3 Å². The van der Waals surface area contributed by atoms with Crippen LogP contribution in [0.1, 0.15) is 31.4 Å². The molecule has 1 aromatic rings. The molecule has 0 N–H and O–H groups in total. The predicted octanol–water partition coefficient (Wildman–Crippen LogP) is 4.92. The molecule has 0 radical (unpaired) electrons. The number of halogens is 6. The van der Waals surface area contributed by atoms with Crippen molar-refractivity contribution in [3.8, 4) is 5.75 Å². The lowest BCUT2D eigenvalue weighted by Gasteiger charge is -2.19. The van der Waals surface area contributed by atoms with Crippen LogP contribution in [0.4, 0.5) is 26.3 Å². The van der Waals surface area contributed by atoms with E-state index >= 15 is 0 Å². The molecule has 0 heterocycles. The Bertz CT molecular complexity index is 449. The number of hydrogen-bond acceptors (Lipinski definition) is 2. The molecule has 0 saturated heterocycles. The maximum Gasteiger partial charge on any atom is 0.419 e. The molecule has 1 unspecified atom stereocenters. The van der Waals surface area contributed by atoms with Crippen LogP contribution in [0, 0.1) is 0 Å². The Kier molecular flexibility index (Phi) is 6.10. The molecule has 0 amide bonds. The minimum atomic E-state index is -4.94. The van der Waals surface area contributed by atoms with Gasteiger partial charge in [-0.25, -0.2) is 0 Å². The normalized spacial score (nSPS) is 14.0. The van der Waals surface area contributed by atoms with E-state index in [0.717, 1.165) is 0 Å². The summed E-state index contributed by atoms with van der Waals surface area (Å²) in [6.45, 7) is 3.08. The van der Waals surface area contributed by atoms with E-state index < -0.39 is 35.8 Å². The molecular weight excluding hydrogens is 314 g/mol. The van der Waals surface area contributed by atoms with E-state index in [2.05, 4.69) is 0 Å². The van der Waals surface area contributed by atoms with Crippen molar-refractivity contribution in [2.45, 2.75) is 38.7 Å². The Balaban J connectivity index is 2.98. The maximum atomic E-state index is 12.8. The van der Waals surface area contributed by atoms with Crippen LogP contribution in [-0.2, 0) is 17.1 Å². The van der Waals surface area contributed by atoms with Gasteiger partial charge in [-0.05, 0) is 25.5 Å². The van der Waals surface area contributed by atoms with Gasteiger partial charge in [0.1, 0.15) is 12.4 Å². The average Bonchev–Trinajstić information content (AvgIpc) is 2.40. The van der Waals surface area contributed by atoms with Crippen molar-refractivity contribution in [1.82, 2.24) is 0 Å². The second-order valence-electron chi connectivity index (χ2n) is 4.62. The molecule has 8 heteroatoms. The number of rotatable bonds is 6. The number of para-hydroxylation sites is 1. The number of hydrogen-bond donors (Lipinski definition) is 0. The zero-order valence-corrected chi connectivity index (χ0v) is 12.0. The van der Waals surface area contributed by atoms with Crippen LogP contribution in [0.15, 0.2) is 18.2 Å². The van der Waals surface area contributed by atoms with Gasteiger partial charge < -0.3 is 9.47 Å². The number of alkyl halides is 6. The predicted molar refractivity (Wildman–Crippen MR) is 67.6 cm³/mol. The molecule has 0 spiro atoms. The first-order valence-electron chi connectivity index (χ1n) is 6.59. The summed E-state index contributed by atoms with van der Waals surface area (Å²) in [6.07, 6.45) is -9.35.